The van der Waals surface area contributed by atoms with Crippen LogP contribution in [-0.2, 0) is 0 Å². The van der Waals surface area contributed by atoms with Crippen molar-refractivity contribution in [2.75, 3.05) is 0 Å². The van der Waals surface area contributed by atoms with Gasteiger partial charge in [0.05, 0.1) is 5.02 Å². The van der Waals surface area contributed by atoms with Gasteiger partial charge in [-0.3, -0.25) is 0 Å². The van der Waals surface area contributed by atoms with Gasteiger partial charge in [0.2, 0.25) is 0 Å². The summed E-state index contributed by atoms with van der Waals surface area (Å²) in [5.41, 5.74) is 0.563. The fourth-order valence-corrected chi connectivity index (χ4v) is 1.14. The molecule has 3 heteroatoms. The Bertz CT molecular complexity index is 233. The lowest BCUT2D eigenvalue weighted by Gasteiger charge is -1.99. The second-order valence-corrected chi connectivity index (χ2v) is 3.22. The van der Waals surface area contributed by atoms with Crippen molar-refractivity contribution in [2.45, 2.75) is 6.92 Å². The van der Waals surface area contributed by atoms with E-state index in [9.17, 15) is 4.39 Å². The molecule has 0 saturated heterocycles. The van der Waals surface area contributed by atoms with E-state index in [0.717, 1.165) is 0 Å². The summed E-state index contributed by atoms with van der Waals surface area (Å²) in [6.45, 7) is 1.67. The summed E-state index contributed by atoms with van der Waals surface area (Å²) in [6.07, 6.45) is 0. The van der Waals surface area contributed by atoms with Gasteiger partial charge in [0.15, 0.2) is 0 Å². The molecule has 1 rings (SSSR count). The van der Waals surface area contributed by atoms with Crippen molar-refractivity contribution in [1.29, 1.82) is 0 Å². The van der Waals surface area contributed by atoms with Gasteiger partial charge in [-0.05, 0) is 34.5 Å². The molecule has 0 aliphatic heterocycles. The van der Waals surface area contributed by atoms with Gasteiger partial charge in [0.25, 0.3) is 0 Å². The lowest BCUT2D eigenvalue weighted by Crippen LogP contribution is -1.83. The summed E-state index contributed by atoms with van der Waals surface area (Å²) >= 11 is 8.67. The van der Waals surface area contributed by atoms with Crippen molar-refractivity contribution < 1.29 is 4.39 Å². The monoisotopic (exact) mass is 222 g/mol. The zero-order valence-electron chi connectivity index (χ0n) is 5.29. The van der Waals surface area contributed by atoms with E-state index in [-0.39, 0.29) is 10.8 Å². The Hall–Kier alpha value is -0.0800. The first-order valence-corrected chi connectivity index (χ1v) is 3.90. The van der Waals surface area contributed by atoms with E-state index in [4.69, 9.17) is 11.6 Å². The van der Waals surface area contributed by atoms with Gasteiger partial charge in [-0.15, -0.1) is 0 Å². The molecule has 0 atom stereocenters. The van der Waals surface area contributed by atoms with E-state index in [2.05, 4.69) is 15.9 Å². The molecule has 0 aromatic heterocycles. The van der Waals surface area contributed by atoms with Gasteiger partial charge < -0.3 is 0 Å². The minimum Gasteiger partial charge on any atom is -0.205 e. The van der Waals surface area contributed by atoms with E-state index in [1.54, 1.807) is 19.1 Å². The van der Waals surface area contributed by atoms with Crippen molar-refractivity contribution in [2.24, 2.45) is 0 Å². The fraction of sp³-hybridized carbons (Fsp3) is 0.143. The van der Waals surface area contributed by atoms with E-state index in [1.165, 1.54) is 0 Å². The maximum atomic E-state index is 12.8. The Kier molecular flexibility index (Phi) is 2.32. The quantitative estimate of drug-likeness (QED) is 0.590. The van der Waals surface area contributed by atoms with Crippen molar-refractivity contribution in [1.82, 2.24) is 0 Å². The van der Waals surface area contributed by atoms with E-state index in [0.29, 0.717) is 10.0 Å². The first-order valence-electron chi connectivity index (χ1n) is 2.73. The molecule has 0 saturated carbocycles. The number of hydrogen-bond acceptors (Lipinski definition) is 0. The summed E-state index contributed by atoms with van der Waals surface area (Å²) in [7, 11) is 0. The van der Waals surface area contributed by atoms with Crippen LogP contribution in [0, 0.1) is 12.7 Å². The molecule has 0 aliphatic carbocycles. The third-order valence-electron chi connectivity index (χ3n) is 1.23. The van der Waals surface area contributed by atoms with Gasteiger partial charge >= 0.3 is 0 Å². The zero-order valence-corrected chi connectivity index (χ0v) is 7.63. The molecule has 10 heavy (non-hydrogen) atoms. The second-order valence-electron chi connectivity index (χ2n) is 1.99. The Labute approximate surface area is 72.1 Å². The molecule has 0 N–H and O–H groups in total. The summed E-state index contributed by atoms with van der Waals surface area (Å²) < 4.78 is 13.4. The number of rotatable bonds is 0. The minimum absolute atomic E-state index is 0.153. The van der Waals surface area contributed by atoms with Crippen molar-refractivity contribution >= 4 is 27.5 Å². The van der Waals surface area contributed by atoms with Crippen molar-refractivity contribution in [3.63, 3.8) is 0 Å². The van der Waals surface area contributed by atoms with Crippen LogP contribution in [0.5, 0.6) is 0 Å². The molecule has 0 radical (unpaired) electrons. The molecule has 0 bridgehead atoms. The van der Waals surface area contributed by atoms with Gasteiger partial charge in [-0.2, -0.15) is 0 Å². The topological polar surface area (TPSA) is 0 Å². The molecule has 0 unspecified atom stereocenters. The third kappa shape index (κ3) is 1.32. The van der Waals surface area contributed by atoms with E-state index in [1.807, 2.05) is 0 Å². The molecule has 54 valence electrons. The highest BCUT2D eigenvalue weighted by Crippen LogP contribution is 2.26. The SMILES string of the molecule is Cc1ccc(Br)c(Cl)c1F. The Morgan fingerprint density at radius 3 is 2.60 bits per heavy atom. The fourth-order valence-electron chi connectivity index (χ4n) is 0.622. The van der Waals surface area contributed by atoms with Crippen LogP contribution in [0.1, 0.15) is 5.56 Å². The van der Waals surface area contributed by atoms with Crippen LogP contribution in [0.25, 0.3) is 0 Å². The second kappa shape index (κ2) is 2.89. The molecule has 1 aromatic rings. The van der Waals surface area contributed by atoms with Gasteiger partial charge in [-0.25, -0.2) is 4.39 Å². The summed E-state index contributed by atoms with van der Waals surface area (Å²) in [4.78, 5) is 0. The van der Waals surface area contributed by atoms with E-state index < -0.39 is 0 Å². The van der Waals surface area contributed by atoms with Crippen LogP contribution < -0.4 is 0 Å². The van der Waals surface area contributed by atoms with Crippen LogP contribution in [0.15, 0.2) is 16.6 Å². The lowest BCUT2D eigenvalue weighted by molar-refractivity contribution is 0.618. The van der Waals surface area contributed by atoms with Gasteiger partial charge in [0.1, 0.15) is 5.82 Å². The smallest absolute Gasteiger partial charge is 0.145 e. The molecule has 0 nitrogen and oxygen atoms in total. The van der Waals surface area contributed by atoms with Crippen LogP contribution in [0.4, 0.5) is 4.39 Å². The lowest BCUT2D eigenvalue weighted by atomic mass is 10.2. The highest BCUT2D eigenvalue weighted by atomic mass is 79.9. The Morgan fingerprint density at radius 1 is 1.50 bits per heavy atom. The van der Waals surface area contributed by atoms with Gasteiger partial charge in [0, 0.05) is 4.47 Å². The molecule has 0 amide bonds. The highest BCUT2D eigenvalue weighted by Gasteiger charge is 2.05. The summed E-state index contributed by atoms with van der Waals surface area (Å²) in [6, 6.07) is 3.39. The predicted molar refractivity (Wildman–Crippen MR) is 43.8 cm³/mol. The third-order valence-corrected chi connectivity index (χ3v) is 2.49. The van der Waals surface area contributed by atoms with Crippen molar-refractivity contribution in [3.8, 4) is 0 Å². The van der Waals surface area contributed by atoms with Crippen LogP contribution in [-0.4, -0.2) is 0 Å². The molecule has 0 heterocycles. The van der Waals surface area contributed by atoms with E-state index >= 15 is 0 Å². The maximum absolute atomic E-state index is 12.8. The molecule has 0 aliphatic rings. The van der Waals surface area contributed by atoms with Crippen LogP contribution in [0.3, 0.4) is 0 Å². The average molecular weight is 223 g/mol. The minimum atomic E-state index is -0.351. The molecule has 1 aromatic carbocycles. The summed E-state index contributed by atoms with van der Waals surface area (Å²) in [5.74, 6) is -0.351. The number of aryl methyl sites for hydroxylation is 1. The Morgan fingerprint density at radius 2 is 2.10 bits per heavy atom. The van der Waals surface area contributed by atoms with Crippen LogP contribution >= 0.6 is 27.5 Å². The highest BCUT2D eigenvalue weighted by molar-refractivity contribution is 9.10. The normalized spacial score (nSPS) is 10.0. The molecule has 0 fully saturated rings. The largest absolute Gasteiger partial charge is 0.205 e. The number of hydrogen-bond donors (Lipinski definition) is 0. The predicted octanol–water partition coefficient (Wildman–Crippen LogP) is 3.55. The maximum Gasteiger partial charge on any atom is 0.145 e. The Balaban J connectivity index is 3.34. The van der Waals surface area contributed by atoms with Gasteiger partial charge in [-0.1, -0.05) is 17.7 Å². The molecular formula is C7H5BrClF. The van der Waals surface area contributed by atoms with Crippen molar-refractivity contribution in [3.05, 3.63) is 33.0 Å². The average Bonchev–Trinajstić information content (AvgIpc) is 1.93. The number of benzene rings is 1. The first-order chi connectivity index (χ1) is 4.63. The molecular weight excluding hydrogens is 218 g/mol. The molecule has 0 spiro atoms. The standard InChI is InChI=1S/C7H5BrClF/c1-4-2-3-5(8)6(9)7(4)10/h2-3H,1H3. The summed E-state index contributed by atoms with van der Waals surface area (Å²) in [5, 5.41) is 0.153. The first kappa shape index (κ1) is 8.02. The van der Waals surface area contributed by atoms with Crippen LogP contribution in [0.2, 0.25) is 5.02 Å². The number of halogens is 3. The zero-order chi connectivity index (χ0) is 7.72.